The Kier molecular flexibility index (Phi) is 5.21. The summed E-state index contributed by atoms with van der Waals surface area (Å²) in [7, 11) is 1.58. The van der Waals surface area contributed by atoms with E-state index in [9.17, 15) is 9.59 Å². The van der Waals surface area contributed by atoms with E-state index in [1.165, 1.54) is 0 Å². The molecule has 1 fully saturated rings. The number of urea groups is 1. The van der Waals surface area contributed by atoms with Gasteiger partial charge in [0.15, 0.2) is 0 Å². The Balaban J connectivity index is 2.54. The van der Waals surface area contributed by atoms with Crippen molar-refractivity contribution in [1.29, 1.82) is 0 Å². The van der Waals surface area contributed by atoms with Crippen molar-refractivity contribution in [3.05, 3.63) is 0 Å². The fourth-order valence-electron chi connectivity index (χ4n) is 1.79. The molecule has 0 aromatic carbocycles. The van der Waals surface area contributed by atoms with Gasteiger partial charge in [-0.3, -0.25) is 4.79 Å². The first-order valence-corrected chi connectivity index (χ1v) is 6.03. The fourth-order valence-corrected chi connectivity index (χ4v) is 1.79. The van der Waals surface area contributed by atoms with Crippen LogP contribution in [0.1, 0.15) is 13.8 Å². The summed E-state index contributed by atoms with van der Waals surface area (Å²) in [5, 5.41) is 5.75. The average Bonchev–Trinajstić information content (AvgIpc) is 2.35. The molecule has 6 heteroatoms. The number of hydrogen-bond acceptors (Lipinski definition) is 3. The summed E-state index contributed by atoms with van der Waals surface area (Å²) >= 11 is 0. The Morgan fingerprint density at radius 2 is 1.94 bits per heavy atom. The third-order valence-corrected chi connectivity index (χ3v) is 2.87. The fraction of sp³-hybridized carbons (Fsp3) is 0.818. The van der Waals surface area contributed by atoms with Gasteiger partial charge in [0, 0.05) is 39.3 Å². The van der Waals surface area contributed by atoms with Crippen molar-refractivity contribution >= 4 is 11.9 Å². The van der Waals surface area contributed by atoms with Crippen LogP contribution < -0.4 is 10.6 Å². The van der Waals surface area contributed by atoms with E-state index < -0.39 is 0 Å². The van der Waals surface area contributed by atoms with Crippen molar-refractivity contribution in [2.45, 2.75) is 19.9 Å². The van der Waals surface area contributed by atoms with Crippen molar-refractivity contribution in [2.24, 2.45) is 0 Å². The zero-order valence-electron chi connectivity index (χ0n) is 10.8. The largest absolute Gasteiger partial charge is 0.341 e. The molecule has 2 N–H and O–H groups in total. The number of rotatable bonds is 3. The zero-order valence-corrected chi connectivity index (χ0v) is 10.8. The Bertz CT molecular complexity index is 275. The monoisotopic (exact) mass is 242 g/mol. The highest BCUT2D eigenvalue weighted by atomic mass is 16.2. The summed E-state index contributed by atoms with van der Waals surface area (Å²) in [5.74, 6) is 0.0174. The predicted octanol–water partition coefficient (Wildman–Crippen LogP) is -0.532. The molecule has 6 nitrogen and oxygen atoms in total. The van der Waals surface area contributed by atoms with Crippen LogP contribution in [0.4, 0.5) is 4.79 Å². The van der Waals surface area contributed by atoms with Crippen LogP contribution in [0.5, 0.6) is 0 Å². The summed E-state index contributed by atoms with van der Waals surface area (Å²) in [4.78, 5) is 27.0. The van der Waals surface area contributed by atoms with E-state index in [0.717, 1.165) is 26.2 Å². The minimum atomic E-state index is -0.205. The van der Waals surface area contributed by atoms with E-state index in [0.29, 0.717) is 0 Å². The third-order valence-electron chi connectivity index (χ3n) is 2.87. The first-order valence-electron chi connectivity index (χ1n) is 6.03. The topological polar surface area (TPSA) is 64.7 Å². The summed E-state index contributed by atoms with van der Waals surface area (Å²) in [5.41, 5.74) is 0. The van der Waals surface area contributed by atoms with E-state index in [-0.39, 0.29) is 24.5 Å². The van der Waals surface area contributed by atoms with Gasteiger partial charge in [-0.2, -0.15) is 0 Å². The van der Waals surface area contributed by atoms with Crippen molar-refractivity contribution in [3.8, 4) is 0 Å². The molecule has 0 unspecified atom stereocenters. The van der Waals surface area contributed by atoms with E-state index in [2.05, 4.69) is 10.6 Å². The molecular weight excluding hydrogens is 220 g/mol. The molecule has 1 aliphatic rings. The molecule has 3 amide bonds. The molecule has 0 radical (unpaired) electrons. The third kappa shape index (κ3) is 3.89. The molecule has 0 saturated carbocycles. The smallest absolute Gasteiger partial charge is 0.317 e. The van der Waals surface area contributed by atoms with Crippen LogP contribution in [0.15, 0.2) is 0 Å². The maximum absolute atomic E-state index is 12.0. The van der Waals surface area contributed by atoms with Gasteiger partial charge in [0.2, 0.25) is 5.91 Å². The highest BCUT2D eigenvalue weighted by Crippen LogP contribution is 2.02. The molecule has 1 aliphatic heterocycles. The molecule has 1 saturated heterocycles. The molecule has 1 rings (SSSR count). The number of hydrogen-bond donors (Lipinski definition) is 2. The minimum absolute atomic E-state index is 0.0156. The number of carbonyl (C=O) groups is 2. The van der Waals surface area contributed by atoms with Gasteiger partial charge in [-0.15, -0.1) is 0 Å². The normalized spacial score (nSPS) is 15.9. The van der Waals surface area contributed by atoms with Gasteiger partial charge in [-0.1, -0.05) is 0 Å². The zero-order chi connectivity index (χ0) is 12.8. The average molecular weight is 242 g/mol. The van der Waals surface area contributed by atoms with Crippen molar-refractivity contribution in [3.63, 3.8) is 0 Å². The number of nitrogens with zero attached hydrogens (tertiary/aromatic N) is 2. The summed E-state index contributed by atoms with van der Waals surface area (Å²) in [6.07, 6.45) is 0. The summed E-state index contributed by atoms with van der Waals surface area (Å²) in [6.45, 7) is 7.05. The Hall–Kier alpha value is -1.30. The minimum Gasteiger partial charge on any atom is -0.341 e. The highest BCUT2D eigenvalue weighted by molar-refractivity contribution is 5.84. The van der Waals surface area contributed by atoms with Gasteiger partial charge >= 0.3 is 6.03 Å². The lowest BCUT2D eigenvalue weighted by Crippen LogP contribution is -2.52. The molecule has 0 bridgehead atoms. The maximum atomic E-state index is 12.0. The van der Waals surface area contributed by atoms with Crippen LogP contribution in [-0.4, -0.2) is 67.6 Å². The molecule has 0 atom stereocenters. The van der Waals surface area contributed by atoms with Crippen LogP contribution in [0, 0.1) is 0 Å². The van der Waals surface area contributed by atoms with Gasteiger partial charge in [0.05, 0.1) is 0 Å². The number of nitrogens with one attached hydrogen (secondary N) is 2. The standard InChI is InChI=1S/C11H22N4O2/c1-9(2)15(11(17)12-3)8-10(16)14-6-4-13-5-7-14/h9,13H,4-8H2,1-3H3,(H,12,17). The molecule has 17 heavy (non-hydrogen) atoms. The van der Waals surface area contributed by atoms with Gasteiger partial charge in [0.1, 0.15) is 6.54 Å². The van der Waals surface area contributed by atoms with Crippen molar-refractivity contribution in [1.82, 2.24) is 20.4 Å². The molecular formula is C11H22N4O2. The van der Waals surface area contributed by atoms with E-state index in [1.807, 2.05) is 13.8 Å². The van der Waals surface area contributed by atoms with Crippen LogP contribution in [0.2, 0.25) is 0 Å². The first kappa shape index (κ1) is 13.8. The lowest BCUT2D eigenvalue weighted by molar-refractivity contribution is -0.132. The highest BCUT2D eigenvalue weighted by Gasteiger charge is 2.23. The van der Waals surface area contributed by atoms with Crippen LogP contribution in [0.3, 0.4) is 0 Å². The maximum Gasteiger partial charge on any atom is 0.317 e. The second kappa shape index (κ2) is 6.44. The second-order valence-electron chi connectivity index (χ2n) is 4.41. The van der Waals surface area contributed by atoms with Crippen LogP contribution in [-0.2, 0) is 4.79 Å². The summed E-state index contributed by atoms with van der Waals surface area (Å²) < 4.78 is 0. The molecule has 0 spiro atoms. The van der Waals surface area contributed by atoms with E-state index in [4.69, 9.17) is 0 Å². The van der Waals surface area contributed by atoms with Crippen molar-refractivity contribution in [2.75, 3.05) is 39.8 Å². The molecule has 0 aromatic heterocycles. The SMILES string of the molecule is CNC(=O)N(CC(=O)N1CCNCC1)C(C)C. The van der Waals surface area contributed by atoms with Gasteiger partial charge in [-0.05, 0) is 13.8 Å². The lowest BCUT2D eigenvalue weighted by atomic mass is 10.3. The number of piperazine rings is 1. The van der Waals surface area contributed by atoms with E-state index >= 15 is 0 Å². The van der Waals surface area contributed by atoms with Crippen LogP contribution in [0.25, 0.3) is 0 Å². The van der Waals surface area contributed by atoms with Crippen molar-refractivity contribution < 1.29 is 9.59 Å². The predicted molar refractivity (Wildman–Crippen MR) is 65.7 cm³/mol. The number of amides is 3. The molecule has 98 valence electrons. The summed E-state index contributed by atoms with van der Waals surface area (Å²) in [6, 6.07) is -0.190. The van der Waals surface area contributed by atoms with Crippen LogP contribution >= 0.6 is 0 Å². The Morgan fingerprint density at radius 3 is 2.41 bits per heavy atom. The van der Waals surface area contributed by atoms with E-state index in [1.54, 1.807) is 16.8 Å². The molecule has 0 aliphatic carbocycles. The number of carbonyl (C=O) groups excluding carboxylic acids is 2. The quantitative estimate of drug-likeness (QED) is 0.699. The lowest BCUT2D eigenvalue weighted by Gasteiger charge is -2.31. The first-order chi connectivity index (χ1) is 8.06. The second-order valence-corrected chi connectivity index (χ2v) is 4.41. The van der Waals surface area contributed by atoms with Gasteiger partial charge in [-0.25, -0.2) is 4.79 Å². The Morgan fingerprint density at radius 1 is 1.35 bits per heavy atom. The van der Waals surface area contributed by atoms with Gasteiger partial charge < -0.3 is 20.4 Å². The molecule has 0 aromatic rings. The Labute approximate surface area is 102 Å². The molecule has 1 heterocycles. The van der Waals surface area contributed by atoms with Gasteiger partial charge in [0.25, 0.3) is 0 Å².